The molecule has 0 atom stereocenters. The van der Waals surface area contributed by atoms with Crippen molar-refractivity contribution in [1.29, 1.82) is 0 Å². The molecule has 0 spiro atoms. The Morgan fingerprint density at radius 2 is 1.74 bits per heavy atom. The van der Waals surface area contributed by atoms with Gasteiger partial charge < -0.3 is 4.74 Å². The molecular formula is C22H22ClN3O4S. The number of benzene rings is 2. The van der Waals surface area contributed by atoms with E-state index in [0.29, 0.717) is 12.1 Å². The number of carbonyl (C=O) groups excluding carboxylic acids is 1. The number of aryl methyl sites for hydroxylation is 2. The highest BCUT2D eigenvalue weighted by Crippen LogP contribution is 2.33. The number of sulfonamides is 1. The van der Waals surface area contributed by atoms with Gasteiger partial charge in [0.2, 0.25) is 5.95 Å². The summed E-state index contributed by atoms with van der Waals surface area (Å²) in [5.74, 6) is -0.788. The van der Waals surface area contributed by atoms with Gasteiger partial charge >= 0.3 is 5.97 Å². The molecule has 0 aliphatic rings. The molecule has 0 aliphatic heterocycles. The van der Waals surface area contributed by atoms with Crippen molar-refractivity contribution < 1.29 is 17.9 Å². The molecule has 0 fully saturated rings. The third-order valence-corrected chi connectivity index (χ3v) is 6.46. The topological polar surface area (TPSA) is 98.2 Å². The quantitative estimate of drug-likeness (QED) is 0.428. The minimum Gasteiger partial charge on any atom is -0.465 e. The summed E-state index contributed by atoms with van der Waals surface area (Å²) in [6.45, 7) is 5.85. The summed E-state index contributed by atoms with van der Waals surface area (Å²) >= 11 is 6.40. The van der Waals surface area contributed by atoms with Crippen LogP contribution in [0.5, 0.6) is 0 Å². The van der Waals surface area contributed by atoms with E-state index in [9.17, 15) is 13.2 Å². The van der Waals surface area contributed by atoms with Crippen LogP contribution in [0.15, 0.2) is 47.4 Å². The Bertz CT molecular complexity index is 1240. The second-order valence-electron chi connectivity index (χ2n) is 6.91. The molecule has 0 aliphatic carbocycles. The average Bonchev–Trinajstić information content (AvgIpc) is 2.72. The smallest absolute Gasteiger partial charge is 0.337 e. The number of aromatic nitrogens is 2. The Morgan fingerprint density at radius 1 is 1.10 bits per heavy atom. The van der Waals surface area contributed by atoms with Gasteiger partial charge in [-0.3, -0.25) is 0 Å². The number of hydrogen-bond acceptors (Lipinski definition) is 6. The highest BCUT2D eigenvalue weighted by Gasteiger charge is 2.22. The van der Waals surface area contributed by atoms with Gasteiger partial charge in [-0.2, -0.15) is 4.98 Å². The van der Waals surface area contributed by atoms with Gasteiger partial charge in [-0.25, -0.2) is 22.9 Å². The van der Waals surface area contributed by atoms with Crippen molar-refractivity contribution in [2.45, 2.75) is 32.1 Å². The van der Waals surface area contributed by atoms with E-state index in [1.54, 1.807) is 0 Å². The molecule has 0 saturated carbocycles. The van der Waals surface area contributed by atoms with Crippen LogP contribution in [-0.2, 0) is 21.2 Å². The summed E-state index contributed by atoms with van der Waals surface area (Å²) in [5, 5.41) is 0.177. The Morgan fingerprint density at radius 3 is 2.35 bits per heavy atom. The van der Waals surface area contributed by atoms with E-state index in [4.69, 9.17) is 11.6 Å². The third-order valence-electron chi connectivity index (χ3n) is 4.82. The molecule has 2 aromatic carbocycles. The molecule has 0 unspecified atom stereocenters. The number of nitrogens with zero attached hydrogens (tertiary/aromatic N) is 2. The standard InChI is InChI=1S/C22H22ClN3O4S/c1-5-17-19(18-13(2)8-6-9-14(18)3)24-22(25-20(17)23)26-31(28,29)16-11-7-10-15(12-16)21(27)30-4/h6-12H,5H2,1-4H3,(H,24,25,26). The fourth-order valence-electron chi connectivity index (χ4n) is 3.30. The zero-order valence-electron chi connectivity index (χ0n) is 17.6. The number of nitrogens with one attached hydrogen (secondary N) is 1. The maximum absolute atomic E-state index is 12.9. The van der Waals surface area contributed by atoms with Gasteiger partial charge in [0.05, 0.1) is 23.3 Å². The van der Waals surface area contributed by atoms with E-state index < -0.39 is 16.0 Å². The Labute approximate surface area is 186 Å². The molecule has 0 radical (unpaired) electrons. The highest BCUT2D eigenvalue weighted by atomic mass is 35.5. The van der Waals surface area contributed by atoms with Gasteiger partial charge in [0.25, 0.3) is 10.0 Å². The average molecular weight is 460 g/mol. The molecular weight excluding hydrogens is 438 g/mol. The van der Waals surface area contributed by atoms with Crippen LogP contribution in [-0.4, -0.2) is 31.5 Å². The molecule has 1 aromatic heterocycles. The first kappa shape index (κ1) is 22.7. The number of hydrogen-bond donors (Lipinski definition) is 1. The molecule has 1 N–H and O–H groups in total. The minimum absolute atomic E-state index is 0.113. The van der Waals surface area contributed by atoms with Crippen molar-refractivity contribution in [3.63, 3.8) is 0 Å². The minimum atomic E-state index is -4.07. The lowest BCUT2D eigenvalue weighted by Gasteiger charge is -2.16. The lowest BCUT2D eigenvalue weighted by atomic mass is 9.96. The number of halogens is 1. The summed E-state index contributed by atoms with van der Waals surface area (Å²) in [4.78, 5) is 20.3. The van der Waals surface area contributed by atoms with E-state index in [-0.39, 0.29) is 21.6 Å². The van der Waals surface area contributed by atoms with Crippen LogP contribution < -0.4 is 4.72 Å². The van der Waals surface area contributed by atoms with Gasteiger partial charge in [0.1, 0.15) is 5.15 Å². The van der Waals surface area contributed by atoms with Crippen molar-refractivity contribution in [1.82, 2.24) is 9.97 Å². The predicted molar refractivity (Wildman–Crippen MR) is 120 cm³/mol. The van der Waals surface area contributed by atoms with E-state index >= 15 is 0 Å². The van der Waals surface area contributed by atoms with Crippen LogP contribution in [0.2, 0.25) is 5.15 Å². The largest absolute Gasteiger partial charge is 0.465 e. The molecule has 7 nitrogen and oxygen atoms in total. The molecule has 3 rings (SSSR count). The van der Waals surface area contributed by atoms with Crippen molar-refractivity contribution in [3.05, 3.63) is 69.9 Å². The van der Waals surface area contributed by atoms with Crippen LogP contribution in [0, 0.1) is 13.8 Å². The molecule has 9 heteroatoms. The zero-order chi connectivity index (χ0) is 22.8. The number of ether oxygens (including phenoxy) is 1. The van der Waals surface area contributed by atoms with Crippen molar-refractivity contribution in [2.75, 3.05) is 11.8 Å². The Kier molecular flexibility index (Phi) is 6.62. The summed E-state index contributed by atoms with van der Waals surface area (Å²) in [7, 11) is -2.85. The molecule has 1 heterocycles. The molecule has 162 valence electrons. The van der Waals surface area contributed by atoms with Gasteiger partial charge in [0, 0.05) is 11.1 Å². The first-order valence-electron chi connectivity index (χ1n) is 9.52. The van der Waals surface area contributed by atoms with Crippen LogP contribution in [0.3, 0.4) is 0 Å². The number of methoxy groups -OCH3 is 1. The van der Waals surface area contributed by atoms with Gasteiger partial charge in [-0.1, -0.05) is 42.8 Å². The number of rotatable bonds is 6. The van der Waals surface area contributed by atoms with E-state index in [0.717, 1.165) is 22.3 Å². The second-order valence-corrected chi connectivity index (χ2v) is 8.95. The highest BCUT2D eigenvalue weighted by molar-refractivity contribution is 7.92. The normalized spacial score (nSPS) is 11.3. The maximum Gasteiger partial charge on any atom is 0.337 e. The summed E-state index contributed by atoms with van der Waals surface area (Å²) in [5.41, 5.74) is 4.29. The fourth-order valence-corrected chi connectivity index (χ4v) is 4.59. The first-order valence-corrected chi connectivity index (χ1v) is 11.4. The van der Waals surface area contributed by atoms with Gasteiger partial charge in [0.15, 0.2) is 0 Å². The number of anilines is 1. The van der Waals surface area contributed by atoms with E-state index in [1.165, 1.54) is 31.4 Å². The fraction of sp³-hybridized carbons (Fsp3) is 0.227. The van der Waals surface area contributed by atoms with E-state index in [1.807, 2.05) is 39.0 Å². The summed E-state index contributed by atoms with van der Waals surface area (Å²) in [6.07, 6.45) is 0.580. The predicted octanol–water partition coefficient (Wildman–Crippen LogP) is 4.56. The lowest BCUT2D eigenvalue weighted by molar-refractivity contribution is 0.0600. The molecule has 0 bridgehead atoms. The van der Waals surface area contributed by atoms with Crippen LogP contribution in [0.4, 0.5) is 5.95 Å². The van der Waals surface area contributed by atoms with Crippen molar-refractivity contribution >= 4 is 33.5 Å². The number of esters is 1. The second kappa shape index (κ2) is 9.03. The molecule has 3 aromatic rings. The van der Waals surface area contributed by atoms with Gasteiger partial charge in [-0.05, 0) is 49.6 Å². The Balaban J connectivity index is 2.09. The summed E-state index contributed by atoms with van der Waals surface area (Å²) in [6, 6.07) is 11.4. The zero-order valence-corrected chi connectivity index (χ0v) is 19.1. The first-order chi connectivity index (χ1) is 14.7. The van der Waals surface area contributed by atoms with Crippen LogP contribution >= 0.6 is 11.6 Å². The van der Waals surface area contributed by atoms with Crippen molar-refractivity contribution in [2.24, 2.45) is 0 Å². The van der Waals surface area contributed by atoms with E-state index in [2.05, 4.69) is 19.4 Å². The Hall–Kier alpha value is -2.97. The SMILES string of the molecule is CCc1c(Cl)nc(NS(=O)(=O)c2cccc(C(=O)OC)c2)nc1-c1c(C)cccc1C. The molecule has 0 saturated heterocycles. The summed E-state index contributed by atoms with van der Waals surface area (Å²) < 4.78 is 32.9. The number of carbonyl (C=O) groups is 1. The third kappa shape index (κ3) is 4.70. The molecule has 0 amide bonds. The van der Waals surface area contributed by atoms with Crippen molar-refractivity contribution in [3.8, 4) is 11.3 Å². The van der Waals surface area contributed by atoms with Crippen LogP contribution in [0.25, 0.3) is 11.3 Å². The van der Waals surface area contributed by atoms with Gasteiger partial charge in [-0.15, -0.1) is 0 Å². The lowest BCUT2D eigenvalue weighted by Crippen LogP contribution is -2.17. The van der Waals surface area contributed by atoms with Crippen LogP contribution in [0.1, 0.15) is 34.0 Å². The maximum atomic E-state index is 12.9. The monoisotopic (exact) mass is 459 g/mol. The molecule has 31 heavy (non-hydrogen) atoms.